The molecule has 0 saturated heterocycles. The topological polar surface area (TPSA) is 81.9 Å². The molecule has 2 unspecified atom stereocenters. The fourth-order valence-corrected chi connectivity index (χ4v) is 3.97. The van der Waals surface area contributed by atoms with Crippen LogP contribution in [0.15, 0.2) is 72.8 Å². The molecular weight excluding hydrogens is 428 g/mol. The predicted octanol–water partition coefficient (Wildman–Crippen LogP) is 5.55. The van der Waals surface area contributed by atoms with E-state index in [0.717, 1.165) is 23.5 Å². The van der Waals surface area contributed by atoms with Crippen LogP contribution in [0, 0.1) is 0 Å². The molecule has 3 aromatic carbocycles. The number of nitrogens with two attached hydrogens (primary N) is 1. The van der Waals surface area contributed by atoms with Crippen molar-refractivity contribution in [3.05, 3.63) is 95.1 Å². The van der Waals surface area contributed by atoms with E-state index in [2.05, 4.69) is 6.92 Å². The predicted molar refractivity (Wildman–Crippen MR) is 133 cm³/mol. The highest BCUT2D eigenvalue weighted by Gasteiger charge is 2.39. The summed E-state index contributed by atoms with van der Waals surface area (Å²) in [6, 6.07) is 22.2. The lowest BCUT2D eigenvalue weighted by Crippen LogP contribution is -2.33. The standard InChI is InChI=1S/C18H17NO3.C10H15NO/c1-3-16(12-8-10-13(22-2)11-9-12)19-17(20)14-6-4-5-7-15(14)18(19)21;1-3-10(11)8-4-6-9(12-2)7-5-8/h4-11,16H,3H2,1-2H3;4-7,10H,3,11H2,1-2H3. The number of amides is 2. The van der Waals surface area contributed by atoms with E-state index in [4.69, 9.17) is 15.2 Å². The summed E-state index contributed by atoms with van der Waals surface area (Å²) in [5.41, 5.74) is 8.91. The van der Waals surface area contributed by atoms with Gasteiger partial charge in [-0.15, -0.1) is 0 Å². The van der Waals surface area contributed by atoms with Crippen LogP contribution < -0.4 is 15.2 Å². The Morgan fingerprint density at radius 1 is 0.706 bits per heavy atom. The molecule has 6 nitrogen and oxygen atoms in total. The first-order valence-electron chi connectivity index (χ1n) is 11.4. The average molecular weight is 461 g/mol. The molecule has 178 valence electrons. The molecule has 0 spiro atoms. The first kappa shape index (κ1) is 25.0. The van der Waals surface area contributed by atoms with Crippen LogP contribution in [0.2, 0.25) is 0 Å². The van der Waals surface area contributed by atoms with Crippen molar-refractivity contribution < 1.29 is 19.1 Å². The number of rotatable bonds is 7. The minimum atomic E-state index is -0.265. The van der Waals surface area contributed by atoms with Gasteiger partial charge in [0.05, 0.1) is 31.4 Å². The second-order valence-corrected chi connectivity index (χ2v) is 8.01. The number of methoxy groups -OCH3 is 2. The largest absolute Gasteiger partial charge is 0.497 e. The highest BCUT2D eigenvalue weighted by Crippen LogP contribution is 2.33. The molecule has 0 aliphatic carbocycles. The molecule has 2 atom stereocenters. The SMILES string of the molecule is CCC(N)c1ccc(OC)cc1.CCC(c1ccc(OC)cc1)N1C(=O)c2ccccc2C1=O. The Bertz CT molecular complexity index is 1080. The summed E-state index contributed by atoms with van der Waals surface area (Å²) in [4.78, 5) is 26.5. The molecule has 2 N–H and O–H groups in total. The van der Waals surface area contributed by atoms with Gasteiger partial charge in [0.1, 0.15) is 11.5 Å². The number of carbonyl (C=O) groups excluding carboxylic acids is 2. The number of ether oxygens (including phenoxy) is 2. The van der Waals surface area contributed by atoms with Crippen LogP contribution in [0.3, 0.4) is 0 Å². The van der Waals surface area contributed by atoms with Crippen molar-refractivity contribution in [3.8, 4) is 11.5 Å². The number of fused-ring (bicyclic) bond motifs is 1. The fourth-order valence-electron chi connectivity index (χ4n) is 3.97. The van der Waals surface area contributed by atoms with Gasteiger partial charge >= 0.3 is 0 Å². The number of hydrogen-bond acceptors (Lipinski definition) is 5. The van der Waals surface area contributed by atoms with E-state index in [9.17, 15) is 9.59 Å². The summed E-state index contributed by atoms with van der Waals surface area (Å²) in [5.74, 6) is 1.19. The molecule has 6 heteroatoms. The van der Waals surface area contributed by atoms with E-state index in [-0.39, 0.29) is 23.9 Å². The maximum Gasteiger partial charge on any atom is 0.262 e. The van der Waals surface area contributed by atoms with Gasteiger partial charge in [-0.1, -0.05) is 50.2 Å². The Labute approximate surface area is 201 Å². The van der Waals surface area contributed by atoms with E-state index >= 15 is 0 Å². The highest BCUT2D eigenvalue weighted by atomic mass is 16.5. The van der Waals surface area contributed by atoms with Gasteiger partial charge in [-0.2, -0.15) is 0 Å². The smallest absolute Gasteiger partial charge is 0.262 e. The van der Waals surface area contributed by atoms with Crippen LogP contribution in [0.4, 0.5) is 0 Å². The van der Waals surface area contributed by atoms with Gasteiger partial charge in [-0.3, -0.25) is 14.5 Å². The molecule has 3 aromatic rings. The first-order valence-corrected chi connectivity index (χ1v) is 11.4. The van der Waals surface area contributed by atoms with Gasteiger partial charge < -0.3 is 15.2 Å². The van der Waals surface area contributed by atoms with Crippen LogP contribution >= 0.6 is 0 Å². The normalized spacial score (nSPS) is 14.1. The van der Waals surface area contributed by atoms with Crippen LogP contribution in [0.25, 0.3) is 0 Å². The van der Waals surface area contributed by atoms with E-state index in [0.29, 0.717) is 17.5 Å². The Kier molecular flexibility index (Phi) is 8.44. The van der Waals surface area contributed by atoms with Crippen LogP contribution in [0.5, 0.6) is 11.5 Å². The third-order valence-electron chi connectivity index (χ3n) is 6.01. The van der Waals surface area contributed by atoms with Crippen molar-refractivity contribution in [2.75, 3.05) is 14.2 Å². The summed E-state index contributed by atoms with van der Waals surface area (Å²) in [6.45, 7) is 4.05. The maximum atomic E-state index is 12.6. The Balaban J connectivity index is 0.000000229. The monoisotopic (exact) mass is 460 g/mol. The van der Waals surface area contributed by atoms with Crippen molar-refractivity contribution in [1.29, 1.82) is 0 Å². The molecule has 1 aliphatic heterocycles. The molecule has 0 bridgehead atoms. The highest BCUT2D eigenvalue weighted by molar-refractivity contribution is 6.21. The molecule has 1 aliphatic rings. The number of benzene rings is 3. The van der Waals surface area contributed by atoms with E-state index in [1.807, 2.05) is 55.5 Å². The minimum absolute atomic E-state index is 0.149. The summed E-state index contributed by atoms with van der Waals surface area (Å²) in [6.07, 6.45) is 1.63. The lowest BCUT2D eigenvalue weighted by Gasteiger charge is -2.25. The fraction of sp³-hybridized carbons (Fsp3) is 0.286. The molecule has 4 rings (SSSR count). The second-order valence-electron chi connectivity index (χ2n) is 8.01. The molecule has 0 fully saturated rings. The zero-order chi connectivity index (χ0) is 24.7. The molecular formula is C28H32N2O4. The first-order chi connectivity index (χ1) is 16.4. The lowest BCUT2D eigenvalue weighted by molar-refractivity contribution is 0.0577. The zero-order valence-corrected chi connectivity index (χ0v) is 20.2. The average Bonchev–Trinajstić information content (AvgIpc) is 3.15. The van der Waals surface area contributed by atoms with Gasteiger partial charge in [-0.05, 0) is 60.4 Å². The van der Waals surface area contributed by atoms with Gasteiger partial charge in [-0.25, -0.2) is 0 Å². The summed E-state index contributed by atoms with van der Waals surface area (Å²) < 4.78 is 10.2. The van der Waals surface area contributed by atoms with Gasteiger partial charge in [0.15, 0.2) is 0 Å². The summed E-state index contributed by atoms with van der Waals surface area (Å²) in [5, 5.41) is 0. The van der Waals surface area contributed by atoms with Crippen molar-refractivity contribution in [2.24, 2.45) is 5.73 Å². The van der Waals surface area contributed by atoms with E-state index in [1.165, 1.54) is 10.5 Å². The second kappa shape index (κ2) is 11.5. The van der Waals surface area contributed by atoms with E-state index in [1.54, 1.807) is 38.5 Å². The zero-order valence-electron chi connectivity index (χ0n) is 20.2. The van der Waals surface area contributed by atoms with Crippen molar-refractivity contribution in [2.45, 2.75) is 38.8 Å². The Hall–Kier alpha value is -3.64. The maximum absolute atomic E-state index is 12.6. The van der Waals surface area contributed by atoms with Crippen molar-refractivity contribution in [3.63, 3.8) is 0 Å². The quantitative estimate of drug-likeness (QED) is 0.468. The number of hydrogen-bond donors (Lipinski definition) is 1. The number of carbonyl (C=O) groups is 2. The molecule has 0 aromatic heterocycles. The molecule has 1 heterocycles. The van der Waals surface area contributed by atoms with Gasteiger partial charge in [0.2, 0.25) is 0 Å². The van der Waals surface area contributed by atoms with Crippen molar-refractivity contribution in [1.82, 2.24) is 4.90 Å². The Morgan fingerprint density at radius 3 is 1.53 bits per heavy atom. The molecule has 2 amide bonds. The van der Waals surface area contributed by atoms with E-state index < -0.39 is 0 Å². The third-order valence-corrected chi connectivity index (χ3v) is 6.01. The van der Waals surface area contributed by atoms with Crippen molar-refractivity contribution >= 4 is 11.8 Å². The van der Waals surface area contributed by atoms with Gasteiger partial charge in [0, 0.05) is 6.04 Å². The lowest BCUT2D eigenvalue weighted by atomic mass is 10.0. The van der Waals surface area contributed by atoms with Crippen LogP contribution in [-0.2, 0) is 0 Å². The molecule has 0 saturated carbocycles. The summed E-state index contributed by atoms with van der Waals surface area (Å²) in [7, 11) is 3.27. The van der Waals surface area contributed by atoms with Crippen LogP contribution in [-0.4, -0.2) is 30.9 Å². The number of imide groups is 1. The molecule has 34 heavy (non-hydrogen) atoms. The number of nitrogens with zero attached hydrogens (tertiary/aromatic N) is 1. The summed E-state index contributed by atoms with van der Waals surface area (Å²) >= 11 is 0. The third kappa shape index (κ3) is 5.29. The molecule has 0 radical (unpaired) electrons. The van der Waals surface area contributed by atoms with Gasteiger partial charge in [0.25, 0.3) is 11.8 Å². The minimum Gasteiger partial charge on any atom is -0.497 e. The Morgan fingerprint density at radius 2 is 1.15 bits per heavy atom. The van der Waals surface area contributed by atoms with Crippen LogP contribution in [0.1, 0.15) is 70.6 Å².